The predicted molar refractivity (Wildman–Crippen MR) is 91.2 cm³/mol. The number of hydrogen-bond acceptors (Lipinski definition) is 5. The Labute approximate surface area is 142 Å². The van der Waals surface area contributed by atoms with Crippen molar-refractivity contribution in [1.82, 2.24) is 10.3 Å². The number of carbonyl (C=O) groups is 2. The van der Waals surface area contributed by atoms with Crippen LogP contribution in [0, 0.1) is 5.41 Å². The molecule has 0 aliphatic heterocycles. The van der Waals surface area contributed by atoms with Gasteiger partial charge >= 0.3 is 0 Å². The third kappa shape index (κ3) is 3.57. The molecule has 1 saturated carbocycles. The molecule has 2 atom stereocenters. The molecule has 0 bridgehead atoms. The Bertz CT molecular complexity index is 591. The lowest BCUT2D eigenvalue weighted by atomic mass is 9.54. The van der Waals surface area contributed by atoms with E-state index in [4.69, 9.17) is 10.5 Å². The van der Waals surface area contributed by atoms with Gasteiger partial charge in [0.05, 0.1) is 6.10 Å². The van der Waals surface area contributed by atoms with Gasteiger partial charge in [0, 0.05) is 49.5 Å². The topological polar surface area (TPSA) is 106 Å². The van der Waals surface area contributed by atoms with Crippen molar-refractivity contribution < 1.29 is 14.3 Å². The number of carbonyl (C=O) groups excluding carboxylic acids is 2. The zero-order chi connectivity index (χ0) is 17.8. The Hall–Kier alpha value is -1.99. The van der Waals surface area contributed by atoms with Gasteiger partial charge in [-0.1, -0.05) is 13.8 Å². The third-order valence-corrected chi connectivity index (χ3v) is 4.84. The van der Waals surface area contributed by atoms with Crippen LogP contribution in [-0.2, 0) is 14.3 Å². The lowest BCUT2D eigenvalue weighted by Gasteiger charge is -2.57. The van der Waals surface area contributed by atoms with Gasteiger partial charge in [0.2, 0.25) is 11.8 Å². The lowest BCUT2D eigenvalue weighted by Crippen LogP contribution is -2.75. The normalized spacial score (nSPS) is 24.8. The number of nitrogens with two attached hydrogens (primary N) is 1. The van der Waals surface area contributed by atoms with E-state index in [0.29, 0.717) is 18.7 Å². The molecule has 132 valence electrons. The number of aromatic nitrogens is 1. The van der Waals surface area contributed by atoms with Crippen molar-refractivity contribution in [2.24, 2.45) is 11.1 Å². The summed E-state index contributed by atoms with van der Waals surface area (Å²) in [7, 11) is 0. The monoisotopic (exact) mass is 334 g/mol. The fraction of sp³-hybridized carbons (Fsp3) is 0.588. The second-order valence-corrected chi connectivity index (χ2v) is 6.63. The van der Waals surface area contributed by atoms with E-state index in [9.17, 15) is 9.59 Å². The number of nitrogens with one attached hydrogen (secondary N) is 2. The Kier molecular flexibility index (Phi) is 5.56. The highest BCUT2D eigenvalue weighted by molar-refractivity contribution is 5.92. The fourth-order valence-electron chi connectivity index (χ4n) is 2.93. The van der Waals surface area contributed by atoms with Gasteiger partial charge in [-0.3, -0.25) is 14.6 Å². The number of ether oxygens (including phenoxy) is 1. The first-order valence-corrected chi connectivity index (χ1v) is 8.20. The van der Waals surface area contributed by atoms with Crippen LogP contribution in [-0.4, -0.2) is 41.6 Å². The molecule has 2 amide bonds. The van der Waals surface area contributed by atoms with Crippen LogP contribution in [0.25, 0.3) is 0 Å². The highest BCUT2D eigenvalue weighted by Crippen LogP contribution is 2.49. The number of amides is 2. The summed E-state index contributed by atoms with van der Waals surface area (Å²) in [6.45, 7) is 6.64. The Morgan fingerprint density at radius 3 is 2.62 bits per heavy atom. The van der Waals surface area contributed by atoms with E-state index in [1.165, 1.54) is 0 Å². The first-order valence-electron chi connectivity index (χ1n) is 8.20. The molecule has 24 heavy (non-hydrogen) atoms. The molecule has 2 unspecified atom stereocenters. The number of anilines is 1. The van der Waals surface area contributed by atoms with Crippen LogP contribution < -0.4 is 16.4 Å². The van der Waals surface area contributed by atoms with Gasteiger partial charge in [-0.15, -0.1) is 0 Å². The Morgan fingerprint density at radius 1 is 1.38 bits per heavy atom. The molecule has 1 aliphatic carbocycles. The van der Waals surface area contributed by atoms with Crippen molar-refractivity contribution in [2.45, 2.75) is 45.3 Å². The highest BCUT2D eigenvalue weighted by atomic mass is 16.5. The molecule has 0 spiro atoms. The van der Waals surface area contributed by atoms with E-state index < -0.39 is 11.0 Å². The van der Waals surface area contributed by atoms with Crippen molar-refractivity contribution >= 4 is 17.5 Å². The van der Waals surface area contributed by atoms with E-state index in [0.717, 1.165) is 0 Å². The molecule has 4 N–H and O–H groups in total. The minimum Gasteiger partial charge on any atom is -0.378 e. The fourth-order valence-corrected chi connectivity index (χ4v) is 2.93. The van der Waals surface area contributed by atoms with Gasteiger partial charge in [0.25, 0.3) is 0 Å². The number of pyridine rings is 1. The molecule has 1 heterocycles. The summed E-state index contributed by atoms with van der Waals surface area (Å²) >= 11 is 0. The minimum atomic E-state index is -0.964. The highest BCUT2D eigenvalue weighted by Gasteiger charge is 2.62. The van der Waals surface area contributed by atoms with E-state index in [1.807, 2.05) is 20.8 Å². The van der Waals surface area contributed by atoms with Crippen molar-refractivity contribution in [3.8, 4) is 0 Å². The van der Waals surface area contributed by atoms with E-state index in [1.54, 1.807) is 24.5 Å². The molecule has 7 heteroatoms. The predicted octanol–water partition coefficient (Wildman–Crippen LogP) is 1.06. The Balaban J connectivity index is 1.78. The smallest absolute Gasteiger partial charge is 0.240 e. The van der Waals surface area contributed by atoms with Crippen molar-refractivity contribution in [3.05, 3.63) is 24.5 Å². The summed E-state index contributed by atoms with van der Waals surface area (Å²) in [4.78, 5) is 28.2. The first kappa shape index (κ1) is 18.4. The average molecular weight is 334 g/mol. The maximum Gasteiger partial charge on any atom is 0.240 e. The molecule has 0 radical (unpaired) electrons. The van der Waals surface area contributed by atoms with E-state index in [2.05, 4.69) is 15.6 Å². The second kappa shape index (κ2) is 7.27. The third-order valence-electron chi connectivity index (χ3n) is 4.84. The molecular weight excluding hydrogens is 308 g/mol. The molecule has 1 fully saturated rings. The maximum absolute atomic E-state index is 12.4. The first-order chi connectivity index (χ1) is 11.3. The van der Waals surface area contributed by atoms with Crippen LogP contribution in [0.2, 0.25) is 0 Å². The summed E-state index contributed by atoms with van der Waals surface area (Å²) in [6, 6.07) is 3.41. The van der Waals surface area contributed by atoms with Crippen LogP contribution in [0.1, 0.15) is 33.6 Å². The van der Waals surface area contributed by atoms with E-state index in [-0.39, 0.29) is 30.9 Å². The van der Waals surface area contributed by atoms with Gasteiger partial charge in [-0.25, -0.2) is 0 Å². The maximum atomic E-state index is 12.4. The largest absolute Gasteiger partial charge is 0.378 e. The number of nitrogens with zero attached hydrogens (tertiary/aromatic N) is 1. The van der Waals surface area contributed by atoms with Crippen LogP contribution in [0.5, 0.6) is 0 Å². The molecule has 1 aliphatic rings. The van der Waals surface area contributed by atoms with Gasteiger partial charge in [-0.2, -0.15) is 0 Å². The van der Waals surface area contributed by atoms with Crippen LogP contribution in [0.4, 0.5) is 5.69 Å². The average Bonchev–Trinajstić information content (AvgIpc) is 2.55. The van der Waals surface area contributed by atoms with Crippen molar-refractivity contribution in [2.75, 3.05) is 18.5 Å². The zero-order valence-corrected chi connectivity index (χ0v) is 14.5. The van der Waals surface area contributed by atoms with Crippen LogP contribution >= 0.6 is 0 Å². The van der Waals surface area contributed by atoms with Gasteiger partial charge < -0.3 is 21.1 Å². The summed E-state index contributed by atoms with van der Waals surface area (Å²) in [5.74, 6) is -0.409. The van der Waals surface area contributed by atoms with Crippen molar-refractivity contribution in [3.63, 3.8) is 0 Å². The molecule has 0 saturated heterocycles. The summed E-state index contributed by atoms with van der Waals surface area (Å²) in [5, 5.41) is 5.51. The molecule has 0 aromatic carbocycles. The zero-order valence-electron chi connectivity index (χ0n) is 14.5. The Morgan fingerprint density at radius 2 is 2.04 bits per heavy atom. The summed E-state index contributed by atoms with van der Waals surface area (Å²) in [6.07, 6.45) is 3.85. The van der Waals surface area contributed by atoms with Gasteiger partial charge in [0.1, 0.15) is 5.54 Å². The van der Waals surface area contributed by atoms with Gasteiger partial charge in [-0.05, 0) is 19.1 Å². The molecular formula is C17H26N4O3. The molecule has 1 aromatic heterocycles. The summed E-state index contributed by atoms with van der Waals surface area (Å²) in [5.41, 5.74) is 5.56. The standard InChI is InChI=1S/C17H26N4O3/c1-4-24-13-11-17(18,16(13,2)3)15(23)20-10-7-14(22)21-12-5-8-19-9-6-12/h5-6,8-9,13H,4,7,10-11,18H2,1-3H3,(H,20,23)(H,19,21,22). The quantitative estimate of drug-likeness (QED) is 0.691. The van der Waals surface area contributed by atoms with Gasteiger partial charge in [0.15, 0.2) is 0 Å². The number of rotatable bonds is 7. The SMILES string of the molecule is CCOC1CC(N)(C(=O)NCCC(=O)Nc2ccncc2)C1(C)C. The molecule has 2 rings (SSSR count). The molecule has 1 aromatic rings. The second-order valence-electron chi connectivity index (χ2n) is 6.63. The number of hydrogen-bond donors (Lipinski definition) is 3. The van der Waals surface area contributed by atoms with Crippen LogP contribution in [0.15, 0.2) is 24.5 Å². The lowest BCUT2D eigenvalue weighted by molar-refractivity contribution is -0.170. The summed E-state index contributed by atoms with van der Waals surface area (Å²) < 4.78 is 5.62. The molecule has 7 nitrogen and oxygen atoms in total. The van der Waals surface area contributed by atoms with E-state index >= 15 is 0 Å². The van der Waals surface area contributed by atoms with Crippen LogP contribution in [0.3, 0.4) is 0 Å². The minimum absolute atomic E-state index is 0.0201. The van der Waals surface area contributed by atoms with Crippen molar-refractivity contribution in [1.29, 1.82) is 0 Å².